The minimum absolute atomic E-state index is 0.135. The van der Waals surface area contributed by atoms with Gasteiger partial charge in [-0.1, -0.05) is 17.7 Å². The summed E-state index contributed by atoms with van der Waals surface area (Å²) in [6, 6.07) is 3.75. The summed E-state index contributed by atoms with van der Waals surface area (Å²) in [5, 5.41) is 10.6. The molecule has 82 valence electrons. The predicted molar refractivity (Wildman–Crippen MR) is 59.0 cm³/mol. The number of halogens is 2. The van der Waals surface area contributed by atoms with Crippen molar-refractivity contribution in [2.75, 3.05) is 0 Å². The smallest absolute Gasteiger partial charge is 0.0477 e. The predicted octanol–water partition coefficient (Wildman–Crippen LogP) is 1.77. The first-order chi connectivity index (χ1) is 7.08. The van der Waals surface area contributed by atoms with Crippen LogP contribution in [0.5, 0.6) is 0 Å². The molecule has 0 atom stereocenters. The molecule has 1 aromatic rings. The monoisotopic (exact) mass is 245 g/mol. The van der Waals surface area contributed by atoms with E-state index < -0.39 is 5.97 Å². The van der Waals surface area contributed by atoms with E-state index in [2.05, 4.69) is 0 Å². The third kappa shape index (κ3) is 3.11. The summed E-state index contributed by atoms with van der Waals surface area (Å²) in [4.78, 5) is 10.6. The lowest BCUT2D eigenvalue weighted by Crippen LogP contribution is -2.25. The average molecular weight is 246 g/mol. The minimum Gasteiger partial charge on any atom is -0.550 e. The largest absolute Gasteiger partial charge is 0.550 e. The summed E-state index contributed by atoms with van der Waals surface area (Å²) in [6.45, 7) is 1.93. The minimum atomic E-state index is -1.11. The third-order valence-electron chi connectivity index (χ3n) is 2.19. The van der Waals surface area contributed by atoms with Crippen LogP contribution in [0.15, 0.2) is 12.1 Å². The van der Waals surface area contributed by atoms with Crippen LogP contribution >= 0.6 is 23.2 Å². The number of hydrogen-bond acceptors (Lipinski definition) is 2. The molecule has 0 heterocycles. The van der Waals surface area contributed by atoms with Gasteiger partial charge in [0.15, 0.2) is 0 Å². The van der Waals surface area contributed by atoms with Crippen LogP contribution in [0.25, 0.3) is 0 Å². The Balaban J connectivity index is 3.23. The molecule has 0 radical (unpaired) electrons. The van der Waals surface area contributed by atoms with Crippen LogP contribution < -0.4 is 5.11 Å². The number of carboxylic acid groups (broad SMARTS) is 1. The van der Waals surface area contributed by atoms with E-state index in [1.807, 2.05) is 19.1 Å². The second-order valence-electron chi connectivity index (χ2n) is 3.38. The maximum absolute atomic E-state index is 10.6. The summed E-state index contributed by atoms with van der Waals surface area (Å²) in [5.41, 5.74) is 3.35. The average Bonchev–Trinajstić information content (AvgIpc) is 2.19. The zero-order chi connectivity index (χ0) is 11.4. The first-order valence-corrected chi connectivity index (χ1v) is 5.58. The highest BCUT2D eigenvalue weighted by Gasteiger charge is 2.08. The molecule has 0 saturated heterocycles. The van der Waals surface area contributed by atoms with Gasteiger partial charge in [-0.2, -0.15) is 0 Å². The Labute approximate surface area is 98.8 Å². The SMILES string of the molecule is Cc1cc(CCl)c(CC(=O)[O-])c(CCl)c1. The van der Waals surface area contributed by atoms with Gasteiger partial charge in [-0.15, -0.1) is 23.2 Å². The highest BCUT2D eigenvalue weighted by Crippen LogP contribution is 2.21. The number of rotatable bonds is 4. The Bertz CT molecular complexity index is 350. The van der Waals surface area contributed by atoms with Crippen molar-refractivity contribution in [2.24, 2.45) is 0 Å². The maximum atomic E-state index is 10.6. The topological polar surface area (TPSA) is 40.1 Å². The van der Waals surface area contributed by atoms with E-state index in [1.165, 1.54) is 0 Å². The summed E-state index contributed by atoms with van der Waals surface area (Å²) < 4.78 is 0. The van der Waals surface area contributed by atoms with Crippen LogP contribution in [0.4, 0.5) is 0 Å². The van der Waals surface area contributed by atoms with Gasteiger partial charge in [0.1, 0.15) is 0 Å². The molecule has 0 unspecified atom stereocenters. The van der Waals surface area contributed by atoms with E-state index in [4.69, 9.17) is 23.2 Å². The molecule has 0 N–H and O–H groups in total. The van der Waals surface area contributed by atoms with Crippen LogP contribution in [0.2, 0.25) is 0 Å². The number of carboxylic acids is 1. The molecule has 4 heteroatoms. The number of benzene rings is 1. The fraction of sp³-hybridized carbons (Fsp3) is 0.364. The molecule has 15 heavy (non-hydrogen) atoms. The van der Waals surface area contributed by atoms with Gasteiger partial charge < -0.3 is 9.90 Å². The molecular formula is C11H11Cl2O2-. The fourth-order valence-corrected chi connectivity index (χ4v) is 2.06. The standard InChI is InChI=1S/C11H12Cl2O2/c1-7-2-8(5-12)10(4-11(14)15)9(3-7)6-13/h2-3H,4-6H2,1H3,(H,14,15)/p-1. The van der Waals surface area contributed by atoms with E-state index >= 15 is 0 Å². The van der Waals surface area contributed by atoms with Crippen molar-refractivity contribution in [2.45, 2.75) is 25.1 Å². The van der Waals surface area contributed by atoms with E-state index in [0.29, 0.717) is 5.56 Å². The summed E-state index contributed by atoms with van der Waals surface area (Å²) >= 11 is 11.5. The van der Waals surface area contributed by atoms with E-state index in [0.717, 1.165) is 16.7 Å². The Morgan fingerprint density at radius 1 is 1.27 bits per heavy atom. The zero-order valence-electron chi connectivity index (χ0n) is 8.35. The van der Waals surface area contributed by atoms with E-state index in [9.17, 15) is 9.90 Å². The lowest BCUT2D eigenvalue weighted by Gasteiger charge is -2.13. The molecule has 0 bridgehead atoms. The second-order valence-corrected chi connectivity index (χ2v) is 3.91. The molecule has 0 aliphatic carbocycles. The lowest BCUT2D eigenvalue weighted by molar-refractivity contribution is -0.304. The Kier molecular flexibility index (Phi) is 4.43. The molecule has 0 saturated carbocycles. The van der Waals surface area contributed by atoms with Gasteiger partial charge in [0, 0.05) is 24.2 Å². The zero-order valence-corrected chi connectivity index (χ0v) is 9.86. The summed E-state index contributed by atoms with van der Waals surface area (Å²) in [6.07, 6.45) is -0.135. The summed E-state index contributed by atoms with van der Waals surface area (Å²) in [5.74, 6) is -0.542. The van der Waals surface area contributed by atoms with Crippen molar-refractivity contribution in [1.29, 1.82) is 0 Å². The van der Waals surface area contributed by atoms with Crippen molar-refractivity contribution < 1.29 is 9.90 Å². The Morgan fingerprint density at radius 2 is 1.73 bits per heavy atom. The highest BCUT2D eigenvalue weighted by molar-refractivity contribution is 6.18. The number of hydrogen-bond donors (Lipinski definition) is 0. The van der Waals surface area contributed by atoms with Gasteiger partial charge in [-0.25, -0.2) is 0 Å². The molecule has 0 fully saturated rings. The molecule has 0 aliphatic rings. The Morgan fingerprint density at radius 3 is 2.07 bits per heavy atom. The van der Waals surface area contributed by atoms with E-state index in [-0.39, 0.29) is 18.2 Å². The normalized spacial score (nSPS) is 10.3. The van der Waals surface area contributed by atoms with Gasteiger partial charge in [0.2, 0.25) is 0 Å². The number of carbonyl (C=O) groups is 1. The molecule has 0 amide bonds. The van der Waals surface area contributed by atoms with Crippen LogP contribution in [-0.4, -0.2) is 5.97 Å². The van der Waals surface area contributed by atoms with Gasteiger partial charge in [0.25, 0.3) is 0 Å². The number of aliphatic carboxylic acids is 1. The second kappa shape index (κ2) is 5.38. The molecule has 1 rings (SSSR count). The highest BCUT2D eigenvalue weighted by atomic mass is 35.5. The van der Waals surface area contributed by atoms with Crippen molar-refractivity contribution in [3.63, 3.8) is 0 Å². The van der Waals surface area contributed by atoms with Gasteiger partial charge in [0.05, 0.1) is 0 Å². The summed E-state index contributed by atoms with van der Waals surface area (Å²) in [7, 11) is 0. The van der Waals surface area contributed by atoms with Crippen molar-refractivity contribution in [3.8, 4) is 0 Å². The van der Waals surface area contributed by atoms with Crippen molar-refractivity contribution in [3.05, 3.63) is 34.4 Å². The maximum Gasteiger partial charge on any atom is 0.0477 e. The molecule has 2 nitrogen and oxygen atoms in total. The van der Waals surface area contributed by atoms with Crippen molar-refractivity contribution >= 4 is 29.2 Å². The molecular weight excluding hydrogens is 235 g/mol. The van der Waals surface area contributed by atoms with Gasteiger partial charge in [-0.05, 0) is 23.6 Å². The number of alkyl halides is 2. The van der Waals surface area contributed by atoms with Crippen LogP contribution in [-0.2, 0) is 23.0 Å². The van der Waals surface area contributed by atoms with Crippen LogP contribution in [0, 0.1) is 6.92 Å². The first-order valence-electron chi connectivity index (χ1n) is 4.51. The molecule has 1 aromatic carbocycles. The molecule has 0 aromatic heterocycles. The van der Waals surface area contributed by atoms with Crippen molar-refractivity contribution in [1.82, 2.24) is 0 Å². The fourth-order valence-electron chi connectivity index (χ4n) is 1.58. The first kappa shape index (κ1) is 12.3. The Hall–Kier alpha value is -0.730. The van der Waals surface area contributed by atoms with Crippen LogP contribution in [0.3, 0.4) is 0 Å². The van der Waals surface area contributed by atoms with E-state index in [1.54, 1.807) is 0 Å². The van der Waals surface area contributed by atoms with Gasteiger partial charge >= 0.3 is 0 Å². The van der Waals surface area contributed by atoms with Gasteiger partial charge in [-0.3, -0.25) is 0 Å². The number of aryl methyl sites for hydroxylation is 1. The van der Waals surface area contributed by atoms with Crippen LogP contribution in [0.1, 0.15) is 22.3 Å². The molecule has 0 spiro atoms. The molecule has 0 aliphatic heterocycles. The third-order valence-corrected chi connectivity index (χ3v) is 2.76. The number of carbonyl (C=O) groups excluding carboxylic acids is 1. The quantitative estimate of drug-likeness (QED) is 0.759. The lowest BCUT2D eigenvalue weighted by atomic mass is 9.97.